The number of nitrogens with one attached hydrogen (secondary N) is 2. The summed E-state index contributed by atoms with van der Waals surface area (Å²) in [6.45, 7) is 3.86. The number of hydrogen-bond donors (Lipinski definition) is 2. The lowest BCUT2D eigenvalue weighted by molar-refractivity contribution is 0.0949. The van der Waals surface area contributed by atoms with Gasteiger partial charge in [-0.15, -0.1) is 16.2 Å². The fourth-order valence-corrected chi connectivity index (χ4v) is 5.36. The molecule has 3 rings (SSSR count). The topological polar surface area (TPSA) is 75.3 Å². The molecule has 0 saturated carbocycles. The van der Waals surface area contributed by atoms with Crippen molar-refractivity contribution in [1.82, 2.24) is 10.3 Å². The molecule has 8 heteroatoms. The Kier molecular flexibility index (Phi) is 5.20. The Hall–Kier alpha value is -1.41. The molecule has 25 heavy (non-hydrogen) atoms. The highest BCUT2D eigenvalue weighted by Gasteiger charge is 2.22. The predicted molar refractivity (Wildman–Crippen MR) is 99.5 cm³/mol. The van der Waals surface area contributed by atoms with E-state index in [1.807, 2.05) is 6.07 Å². The van der Waals surface area contributed by atoms with Gasteiger partial charge in [-0.05, 0) is 61.4 Å². The molecule has 2 N–H and O–H groups in total. The van der Waals surface area contributed by atoms with Crippen LogP contribution in [0.25, 0.3) is 0 Å². The molecule has 134 valence electrons. The maximum atomic E-state index is 12.4. The number of fused-ring (bicyclic) bond motifs is 1. The molecule has 1 amide bonds. The van der Waals surface area contributed by atoms with E-state index in [0.29, 0.717) is 21.4 Å². The molecule has 1 heterocycles. The normalized spacial score (nSPS) is 17.2. The van der Waals surface area contributed by atoms with Crippen LogP contribution in [-0.4, -0.2) is 14.3 Å². The first-order valence-electron chi connectivity index (χ1n) is 7.96. The molecule has 0 aliphatic heterocycles. The summed E-state index contributed by atoms with van der Waals surface area (Å²) in [6.07, 6.45) is 3.06. The summed E-state index contributed by atoms with van der Waals surface area (Å²) in [7, 11) is -3.89. The lowest BCUT2D eigenvalue weighted by Crippen LogP contribution is -2.41. The second-order valence-corrected chi connectivity index (χ2v) is 9.60. The Bertz CT molecular complexity index is 922. The zero-order valence-electron chi connectivity index (χ0n) is 13.9. The summed E-state index contributed by atoms with van der Waals surface area (Å²) >= 11 is 7.30. The molecular formula is C17H19ClN2O3S2. The number of carbonyl (C=O) groups excluding carboxylic acids is 1. The third-order valence-corrected chi connectivity index (χ3v) is 7.15. The van der Waals surface area contributed by atoms with E-state index >= 15 is 0 Å². The van der Waals surface area contributed by atoms with Crippen molar-refractivity contribution in [3.63, 3.8) is 0 Å². The molecule has 0 radical (unpaired) electrons. The van der Waals surface area contributed by atoms with Crippen LogP contribution in [0.1, 0.15) is 39.0 Å². The Morgan fingerprint density at radius 1 is 1.32 bits per heavy atom. The highest BCUT2D eigenvalue weighted by Crippen LogP contribution is 2.32. The van der Waals surface area contributed by atoms with Crippen molar-refractivity contribution in [2.75, 3.05) is 0 Å². The highest BCUT2D eigenvalue weighted by atomic mass is 35.5. The maximum absolute atomic E-state index is 12.4. The Morgan fingerprint density at radius 2 is 2.08 bits per heavy atom. The third kappa shape index (κ3) is 4.06. The molecule has 0 spiro atoms. The average molecular weight is 399 g/mol. The largest absolute Gasteiger partial charge is 0.276 e. The smallest absolute Gasteiger partial charge is 0.273 e. The number of hydrazine groups is 1. The Morgan fingerprint density at radius 3 is 2.84 bits per heavy atom. The summed E-state index contributed by atoms with van der Waals surface area (Å²) < 4.78 is 24.8. The van der Waals surface area contributed by atoms with Gasteiger partial charge in [0.25, 0.3) is 15.9 Å². The van der Waals surface area contributed by atoms with E-state index in [4.69, 9.17) is 11.6 Å². The minimum absolute atomic E-state index is 0.0413. The summed E-state index contributed by atoms with van der Waals surface area (Å²) in [5, 5.41) is 0.317. The molecule has 0 saturated heterocycles. The van der Waals surface area contributed by atoms with Crippen LogP contribution in [0, 0.1) is 12.8 Å². The molecule has 2 aromatic rings. The first kappa shape index (κ1) is 18.4. The van der Waals surface area contributed by atoms with Gasteiger partial charge < -0.3 is 0 Å². The van der Waals surface area contributed by atoms with Gasteiger partial charge in [0, 0.05) is 9.90 Å². The monoisotopic (exact) mass is 398 g/mol. The molecule has 1 aliphatic carbocycles. The fraction of sp³-hybridized carbons (Fsp3) is 0.353. The van der Waals surface area contributed by atoms with E-state index < -0.39 is 15.9 Å². The van der Waals surface area contributed by atoms with Gasteiger partial charge in [0.15, 0.2) is 0 Å². The van der Waals surface area contributed by atoms with Gasteiger partial charge in [-0.1, -0.05) is 24.6 Å². The summed E-state index contributed by atoms with van der Waals surface area (Å²) in [5.74, 6) is 0.164. The fourth-order valence-electron chi connectivity index (χ4n) is 2.91. The van der Waals surface area contributed by atoms with Crippen LogP contribution in [0.5, 0.6) is 0 Å². The number of thiophene rings is 1. The summed E-state index contributed by atoms with van der Waals surface area (Å²) in [5.41, 5.74) is 4.04. The van der Waals surface area contributed by atoms with E-state index in [0.717, 1.165) is 19.3 Å². The number of rotatable bonds is 4. The minimum Gasteiger partial charge on any atom is -0.273 e. The number of carbonyl (C=O) groups is 1. The van der Waals surface area contributed by atoms with E-state index in [1.54, 1.807) is 19.1 Å². The second kappa shape index (κ2) is 7.07. The van der Waals surface area contributed by atoms with Crippen LogP contribution >= 0.6 is 22.9 Å². The second-order valence-electron chi connectivity index (χ2n) is 6.38. The standard InChI is InChI=1S/C17H19ClN2O3S2/c1-10-3-6-14-12(7-10)8-15(24-14)17(21)19-20-25(22,23)16-9-13(18)5-4-11(16)2/h4-5,8-10,20H,3,6-7H2,1-2H3,(H,19,21). The van der Waals surface area contributed by atoms with Gasteiger partial charge >= 0.3 is 0 Å². The van der Waals surface area contributed by atoms with Crippen LogP contribution in [-0.2, 0) is 22.9 Å². The average Bonchev–Trinajstić information content (AvgIpc) is 2.98. The first-order valence-corrected chi connectivity index (χ1v) is 10.6. The number of amides is 1. The lowest BCUT2D eigenvalue weighted by Gasteiger charge is -2.16. The predicted octanol–water partition coefficient (Wildman–Crippen LogP) is 3.46. The SMILES string of the molecule is Cc1ccc(Cl)cc1S(=O)(=O)NNC(=O)c1cc2c(s1)CCC(C)C2. The minimum atomic E-state index is -3.89. The number of halogens is 1. The van der Waals surface area contributed by atoms with Crippen molar-refractivity contribution < 1.29 is 13.2 Å². The maximum Gasteiger partial charge on any atom is 0.276 e. The Labute approximate surface area is 156 Å². The van der Waals surface area contributed by atoms with Crippen LogP contribution in [0.3, 0.4) is 0 Å². The van der Waals surface area contributed by atoms with Crippen LogP contribution < -0.4 is 10.3 Å². The molecular weight excluding hydrogens is 380 g/mol. The number of sulfonamides is 1. The van der Waals surface area contributed by atoms with Gasteiger partial charge in [-0.3, -0.25) is 10.2 Å². The number of hydrogen-bond acceptors (Lipinski definition) is 4. The van der Waals surface area contributed by atoms with E-state index in [9.17, 15) is 13.2 Å². The number of benzene rings is 1. The third-order valence-electron chi connectivity index (χ3n) is 4.29. The van der Waals surface area contributed by atoms with Crippen molar-refractivity contribution in [3.8, 4) is 0 Å². The quantitative estimate of drug-likeness (QED) is 0.774. The summed E-state index contributed by atoms with van der Waals surface area (Å²) in [6, 6.07) is 6.46. The molecule has 1 aromatic carbocycles. The molecule has 1 aliphatic rings. The van der Waals surface area contributed by atoms with Gasteiger partial charge in [0.1, 0.15) is 0 Å². The van der Waals surface area contributed by atoms with E-state index in [-0.39, 0.29) is 4.90 Å². The van der Waals surface area contributed by atoms with Gasteiger partial charge in [0.2, 0.25) is 0 Å². The van der Waals surface area contributed by atoms with Gasteiger partial charge in [-0.2, -0.15) is 0 Å². The number of aryl methyl sites for hydroxylation is 2. The first-order chi connectivity index (χ1) is 11.8. The molecule has 0 fully saturated rings. The zero-order chi connectivity index (χ0) is 18.2. The molecule has 0 bridgehead atoms. The van der Waals surface area contributed by atoms with Crippen LogP contribution in [0.2, 0.25) is 5.02 Å². The van der Waals surface area contributed by atoms with Crippen molar-refractivity contribution in [1.29, 1.82) is 0 Å². The molecule has 5 nitrogen and oxygen atoms in total. The molecule has 1 aromatic heterocycles. The van der Waals surface area contributed by atoms with Gasteiger partial charge in [-0.25, -0.2) is 8.42 Å². The van der Waals surface area contributed by atoms with Crippen molar-refractivity contribution in [3.05, 3.63) is 50.2 Å². The van der Waals surface area contributed by atoms with Crippen molar-refractivity contribution in [2.24, 2.45) is 5.92 Å². The van der Waals surface area contributed by atoms with Crippen LogP contribution in [0.15, 0.2) is 29.2 Å². The van der Waals surface area contributed by atoms with Crippen LogP contribution in [0.4, 0.5) is 0 Å². The molecule has 1 atom stereocenters. The van der Waals surface area contributed by atoms with E-state index in [2.05, 4.69) is 17.2 Å². The molecule has 1 unspecified atom stereocenters. The van der Waals surface area contributed by atoms with Crippen molar-refractivity contribution in [2.45, 2.75) is 38.0 Å². The zero-order valence-corrected chi connectivity index (χ0v) is 16.3. The van der Waals surface area contributed by atoms with E-state index in [1.165, 1.54) is 27.8 Å². The summed E-state index contributed by atoms with van der Waals surface area (Å²) in [4.78, 5) is 16.3. The highest BCUT2D eigenvalue weighted by molar-refractivity contribution is 7.89. The van der Waals surface area contributed by atoms with Crippen molar-refractivity contribution >= 4 is 38.9 Å². The lowest BCUT2D eigenvalue weighted by atomic mass is 9.90. The Balaban J connectivity index is 1.73. The van der Waals surface area contributed by atoms with Gasteiger partial charge in [0.05, 0.1) is 9.77 Å².